The second-order valence-electron chi connectivity index (χ2n) is 5.15. The quantitative estimate of drug-likeness (QED) is 0.840. The highest BCUT2D eigenvalue weighted by atomic mass is 19.1. The maximum Gasteiger partial charge on any atom is 0.167 e. The smallest absolute Gasteiger partial charge is 0.167 e. The van der Waals surface area contributed by atoms with Gasteiger partial charge in [0.15, 0.2) is 5.78 Å². The van der Waals surface area contributed by atoms with Crippen molar-refractivity contribution >= 4 is 5.78 Å². The Hall–Kier alpha value is -1.29. The molecule has 1 saturated carbocycles. The van der Waals surface area contributed by atoms with Crippen molar-refractivity contribution in [2.24, 2.45) is 5.73 Å². The van der Waals surface area contributed by atoms with Gasteiger partial charge in [0.1, 0.15) is 11.6 Å². The van der Waals surface area contributed by atoms with Crippen LogP contribution in [0.3, 0.4) is 0 Å². The molecule has 0 amide bonds. The maximum atomic E-state index is 13.5. The summed E-state index contributed by atoms with van der Waals surface area (Å²) in [5, 5.41) is 0. The van der Waals surface area contributed by atoms with Crippen molar-refractivity contribution in [2.45, 2.75) is 44.1 Å². The van der Waals surface area contributed by atoms with Gasteiger partial charge in [-0.1, -0.05) is 19.3 Å². The Bertz CT molecular complexity index is 453. The van der Waals surface area contributed by atoms with Gasteiger partial charge in [-0.25, -0.2) is 8.78 Å². The normalized spacial score (nSPS) is 18.6. The summed E-state index contributed by atoms with van der Waals surface area (Å²) >= 11 is 0. The monoisotopic (exact) mass is 253 g/mol. The molecule has 0 atom stereocenters. The summed E-state index contributed by atoms with van der Waals surface area (Å²) in [5.74, 6) is -1.82. The van der Waals surface area contributed by atoms with Crippen molar-refractivity contribution in [3.05, 3.63) is 35.4 Å². The van der Waals surface area contributed by atoms with Crippen LogP contribution in [0.25, 0.3) is 0 Å². The largest absolute Gasteiger partial charge is 0.325 e. The van der Waals surface area contributed by atoms with Gasteiger partial charge in [-0.05, 0) is 25.0 Å². The van der Waals surface area contributed by atoms with Gasteiger partial charge >= 0.3 is 0 Å². The standard InChI is InChI=1S/C14H17F2NO/c15-10-4-5-11(12(16)8-10)13(18)9-14(17)6-2-1-3-7-14/h4-5,8H,1-3,6-7,9,17H2. The first-order chi connectivity index (χ1) is 8.50. The summed E-state index contributed by atoms with van der Waals surface area (Å²) in [6.45, 7) is 0. The Morgan fingerprint density at radius 1 is 1.22 bits per heavy atom. The Morgan fingerprint density at radius 3 is 2.50 bits per heavy atom. The van der Waals surface area contributed by atoms with Crippen molar-refractivity contribution < 1.29 is 13.6 Å². The highest BCUT2D eigenvalue weighted by molar-refractivity contribution is 5.97. The first kappa shape index (κ1) is 13.1. The zero-order valence-corrected chi connectivity index (χ0v) is 10.2. The van der Waals surface area contributed by atoms with Gasteiger partial charge in [-0.3, -0.25) is 4.79 Å². The summed E-state index contributed by atoms with van der Waals surface area (Å²) in [6.07, 6.45) is 4.88. The number of nitrogens with two attached hydrogens (primary N) is 1. The molecule has 0 aliphatic heterocycles. The van der Waals surface area contributed by atoms with Gasteiger partial charge in [-0.15, -0.1) is 0 Å². The molecule has 2 N–H and O–H groups in total. The zero-order valence-electron chi connectivity index (χ0n) is 10.2. The number of Topliss-reactive ketones (excluding diaryl/α,β-unsaturated/α-hetero) is 1. The first-order valence-corrected chi connectivity index (χ1v) is 6.27. The third kappa shape index (κ3) is 2.93. The fourth-order valence-corrected chi connectivity index (χ4v) is 2.56. The molecule has 1 aromatic rings. The van der Waals surface area contributed by atoms with E-state index < -0.39 is 17.2 Å². The van der Waals surface area contributed by atoms with E-state index in [1.54, 1.807) is 0 Å². The fourth-order valence-electron chi connectivity index (χ4n) is 2.56. The average Bonchev–Trinajstić information content (AvgIpc) is 2.28. The van der Waals surface area contributed by atoms with Crippen molar-refractivity contribution in [1.29, 1.82) is 0 Å². The second-order valence-corrected chi connectivity index (χ2v) is 5.15. The molecule has 98 valence electrons. The summed E-state index contributed by atoms with van der Waals surface area (Å²) < 4.78 is 26.2. The van der Waals surface area contributed by atoms with Crippen LogP contribution in [0.4, 0.5) is 8.78 Å². The lowest BCUT2D eigenvalue weighted by Crippen LogP contribution is -2.43. The zero-order chi connectivity index (χ0) is 13.2. The Balaban J connectivity index is 2.11. The summed E-state index contributed by atoms with van der Waals surface area (Å²) in [7, 11) is 0. The van der Waals surface area contributed by atoms with Crippen LogP contribution in [0.5, 0.6) is 0 Å². The van der Waals surface area contributed by atoms with Crippen molar-refractivity contribution in [1.82, 2.24) is 0 Å². The van der Waals surface area contributed by atoms with Gasteiger partial charge in [0.25, 0.3) is 0 Å². The molecule has 1 aliphatic carbocycles. The molecule has 0 radical (unpaired) electrons. The third-order valence-corrected chi connectivity index (χ3v) is 3.59. The molecule has 0 unspecified atom stereocenters. The van der Waals surface area contributed by atoms with E-state index in [1.807, 2.05) is 0 Å². The highest BCUT2D eigenvalue weighted by Gasteiger charge is 2.31. The Morgan fingerprint density at radius 2 is 1.89 bits per heavy atom. The fraction of sp³-hybridized carbons (Fsp3) is 0.500. The molecular formula is C14H17F2NO. The number of hydrogen-bond acceptors (Lipinski definition) is 2. The van der Waals surface area contributed by atoms with Gasteiger partial charge in [0.2, 0.25) is 0 Å². The number of carbonyl (C=O) groups is 1. The van der Waals surface area contributed by atoms with Crippen LogP contribution in [0.15, 0.2) is 18.2 Å². The van der Waals surface area contributed by atoms with E-state index in [2.05, 4.69) is 0 Å². The van der Waals surface area contributed by atoms with E-state index in [1.165, 1.54) is 6.07 Å². The van der Waals surface area contributed by atoms with Gasteiger partial charge in [-0.2, -0.15) is 0 Å². The highest BCUT2D eigenvalue weighted by Crippen LogP contribution is 2.30. The number of rotatable bonds is 3. The molecule has 1 aromatic carbocycles. The van der Waals surface area contributed by atoms with Crippen molar-refractivity contribution in [2.75, 3.05) is 0 Å². The third-order valence-electron chi connectivity index (χ3n) is 3.59. The summed E-state index contributed by atoms with van der Waals surface area (Å²) in [6, 6.07) is 3.02. The van der Waals surface area contributed by atoms with Crippen LogP contribution in [0, 0.1) is 11.6 Å². The van der Waals surface area contributed by atoms with Crippen LogP contribution in [0.1, 0.15) is 48.9 Å². The molecular weight excluding hydrogens is 236 g/mol. The van der Waals surface area contributed by atoms with Gasteiger partial charge in [0.05, 0.1) is 5.56 Å². The second kappa shape index (κ2) is 5.14. The van der Waals surface area contributed by atoms with Crippen LogP contribution >= 0.6 is 0 Å². The predicted molar refractivity (Wildman–Crippen MR) is 65.3 cm³/mol. The lowest BCUT2D eigenvalue weighted by Gasteiger charge is -2.32. The molecule has 1 aliphatic rings. The van der Waals surface area contributed by atoms with E-state index in [0.717, 1.165) is 44.2 Å². The molecule has 0 saturated heterocycles. The molecule has 0 spiro atoms. The van der Waals surface area contributed by atoms with Crippen LogP contribution in [-0.4, -0.2) is 11.3 Å². The number of carbonyl (C=O) groups excluding carboxylic acids is 1. The molecule has 2 nitrogen and oxygen atoms in total. The molecule has 4 heteroatoms. The Labute approximate surface area is 105 Å². The molecule has 0 bridgehead atoms. The van der Waals surface area contributed by atoms with Crippen LogP contribution in [0.2, 0.25) is 0 Å². The van der Waals surface area contributed by atoms with E-state index in [0.29, 0.717) is 0 Å². The lowest BCUT2D eigenvalue weighted by atomic mass is 9.78. The van der Waals surface area contributed by atoms with E-state index in [4.69, 9.17) is 5.73 Å². The molecule has 1 fully saturated rings. The number of benzene rings is 1. The molecule has 2 rings (SSSR count). The SMILES string of the molecule is NC1(CC(=O)c2ccc(F)cc2F)CCCCC1. The minimum Gasteiger partial charge on any atom is -0.325 e. The summed E-state index contributed by atoms with van der Waals surface area (Å²) in [5.41, 5.74) is 5.58. The molecule has 18 heavy (non-hydrogen) atoms. The van der Waals surface area contributed by atoms with E-state index >= 15 is 0 Å². The van der Waals surface area contributed by atoms with Gasteiger partial charge < -0.3 is 5.73 Å². The number of hydrogen-bond donors (Lipinski definition) is 1. The summed E-state index contributed by atoms with van der Waals surface area (Å²) in [4.78, 5) is 12.0. The van der Waals surface area contributed by atoms with Crippen LogP contribution < -0.4 is 5.73 Å². The number of ketones is 1. The average molecular weight is 253 g/mol. The van der Waals surface area contributed by atoms with Crippen LogP contribution in [-0.2, 0) is 0 Å². The van der Waals surface area contributed by atoms with E-state index in [-0.39, 0.29) is 17.8 Å². The maximum absolute atomic E-state index is 13.5. The molecule has 0 heterocycles. The first-order valence-electron chi connectivity index (χ1n) is 6.27. The topological polar surface area (TPSA) is 43.1 Å². The lowest BCUT2D eigenvalue weighted by molar-refractivity contribution is 0.0930. The van der Waals surface area contributed by atoms with Gasteiger partial charge in [0, 0.05) is 18.0 Å². The van der Waals surface area contributed by atoms with Crippen molar-refractivity contribution in [3.63, 3.8) is 0 Å². The number of halogens is 2. The minimum absolute atomic E-state index is 0.0631. The van der Waals surface area contributed by atoms with E-state index in [9.17, 15) is 13.6 Å². The molecule has 0 aromatic heterocycles. The Kier molecular flexibility index (Phi) is 3.76. The van der Waals surface area contributed by atoms with Crippen molar-refractivity contribution in [3.8, 4) is 0 Å². The minimum atomic E-state index is -0.806. The predicted octanol–water partition coefficient (Wildman–Crippen LogP) is 3.20.